The van der Waals surface area contributed by atoms with E-state index in [1.807, 2.05) is 18.7 Å². The van der Waals surface area contributed by atoms with Gasteiger partial charge in [-0.2, -0.15) is 5.10 Å². The van der Waals surface area contributed by atoms with E-state index in [0.717, 1.165) is 23.2 Å². The molecular weight excluding hydrogens is 262 g/mol. The summed E-state index contributed by atoms with van der Waals surface area (Å²) in [6.07, 6.45) is 0.554. The third-order valence-corrected chi connectivity index (χ3v) is 4.31. The lowest BCUT2D eigenvalue weighted by Gasteiger charge is -2.17. The second-order valence-electron chi connectivity index (χ2n) is 3.04. The summed E-state index contributed by atoms with van der Waals surface area (Å²) in [6.45, 7) is 5.55. The highest BCUT2D eigenvalue weighted by Crippen LogP contribution is 2.20. The molecule has 0 fully saturated rings. The predicted octanol–water partition coefficient (Wildman–Crippen LogP) is 2.55. The van der Waals surface area contributed by atoms with Crippen molar-refractivity contribution in [2.45, 2.75) is 24.6 Å². The van der Waals surface area contributed by atoms with Crippen LogP contribution in [0.15, 0.2) is 4.34 Å². The Labute approximate surface area is 108 Å². The summed E-state index contributed by atoms with van der Waals surface area (Å²) in [4.78, 5) is 13.5. The summed E-state index contributed by atoms with van der Waals surface area (Å²) >= 11 is 7.94. The predicted molar refractivity (Wildman–Crippen MR) is 70.6 cm³/mol. The van der Waals surface area contributed by atoms with Gasteiger partial charge in [0, 0.05) is 25.3 Å². The normalized spacial score (nSPS) is 10.4. The van der Waals surface area contributed by atoms with Gasteiger partial charge in [0.05, 0.1) is 0 Å². The first-order valence-corrected chi connectivity index (χ1v) is 7.34. The highest BCUT2D eigenvalue weighted by molar-refractivity contribution is 8.01. The number of carbonyl (C=O) groups excluding carboxylic acids is 1. The van der Waals surface area contributed by atoms with Crippen molar-refractivity contribution in [3.63, 3.8) is 0 Å². The Hall–Kier alpha value is -0.400. The minimum atomic E-state index is 0.205. The van der Waals surface area contributed by atoms with E-state index in [9.17, 15) is 4.79 Å². The molecule has 0 saturated carbocycles. The van der Waals surface area contributed by atoms with Gasteiger partial charge >= 0.3 is 0 Å². The summed E-state index contributed by atoms with van der Waals surface area (Å²) < 4.78 is 1.58. The van der Waals surface area contributed by atoms with E-state index in [0.29, 0.717) is 10.4 Å². The molecule has 1 N–H and O–H groups in total. The van der Waals surface area contributed by atoms with Crippen LogP contribution in [0.5, 0.6) is 0 Å². The Morgan fingerprint density at radius 3 is 2.75 bits per heavy atom. The van der Waals surface area contributed by atoms with Gasteiger partial charge in [0.2, 0.25) is 5.91 Å². The van der Waals surface area contributed by atoms with Gasteiger partial charge in [-0.1, -0.05) is 23.1 Å². The molecule has 4 nitrogen and oxygen atoms in total. The fourth-order valence-electron chi connectivity index (χ4n) is 1.24. The molecule has 0 unspecified atom stereocenters. The number of amides is 1. The lowest BCUT2D eigenvalue weighted by molar-refractivity contribution is -0.130. The zero-order valence-corrected chi connectivity index (χ0v) is 11.8. The van der Waals surface area contributed by atoms with Gasteiger partial charge in [0.1, 0.15) is 0 Å². The Balaban J connectivity index is 2.30. The molecular formula is C9H15N3OS3. The summed E-state index contributed by atoms with van der Waals surface area (Å²) in [5.74, 6) is 0.961. The highest BCUT2D eigenvalue weighted by atomic mass is 32.2. The van der Waals surface area contributed by atoms with Crippen LogP contribution in [0.2, 0.25) is 0 Å². The van der Waals surface area contributed by atoms with Gasteiger partial charge in [-0.3, -0.25) is 9.89 Å². The number of nitrogens with zero attached hydrogens (tertiary/aromatic N) is 2. The van der Waals surface area contributed by atoms with Crippen LogP contribution in [-0.4, -0.2) is 39.8 Å². The van der Waals surface area contributed by atoms with Crippen molar-refractivity contribution in [1.29, 1.82) is 0 Å². The average Bonchev–Trinajstić information content (AvgIpc) is 2.66. The van der Waals surface area contributed by atoms with Crippen LogP contribution in [0.1, 0.15) is 20.3 Å². The molecule has 0 atom stereocenters. The molecule has 1 aromatic rings. The monoisotopic (exact) mass is 277 g/mol. The van der Waals surface area contributed by atoms with E-state index in [4.69, 9.17) is 12.2 Å². The zero-order chi connectivity index (χ0) is 12.0. The summed E-state index contributed by atoms with van der Waals surface area (Å²) in [5, 5.41) is 6.74. The Kier molecular flexibility index (Phi) is 6.00. The number of aromatic amines is 1. The largest absolute Gasteiger partial charge is 0.343 e. The van der Waals surface area contributed by atoms with Crippen LogP contribution in [-0.2, 0) is 4.79 Å². The van der Waals surface area contributed by atoms with Crippen LogP contribution < -0.4 is 0 Å². The van der Waals surface area contributed by atoms with Crippen molar-refractivity contribution in [3.05, 3.63) is 3.95 Å². The minimum Gasteiger partial charge on any atom is -0.343 e. The number of thioether (sulfide) groups is 1. The topological polar surface area (TPSA) is 49.0 Å². The Bertz CT molecular complexity index is 383. The van der Waals surface area contributed by atoms with Gasteiger partial charge in [-0.15, -0.1) is 0 Å². The molecule has 0 radical (unpaired) electrons. The molecule has 0 aliphatic carbocycles. The third-order valence-electron chi connectivity index (χ3n) is 2.08. The first-order valence-electron chi connectivity index (χ1n) is 5.13. The molecule has 0 aliphatic heterocycles. The van der Waals surface area contributed by atoms with Crippen molar-refractivity contribution in [2.75, 3.05) is 18.8 Å². The Morgan fingerprint density at radius 1 is 1.56 bits per heavy atom. The smallest absolute Gasteiger partial charge is 0.223 e. The first kappa shape index (κ1) is 13.7. The molecule has 0 spiro atoms. The molecule has 1 amide bonds. The minimum absolute atomic E-state index is 0.205. The summed E-state index contributed by atoms with van der Waals surface area (Å²) in [5.41, 5.74) is 0. The van der Waals surface area contributed by atoms with E-state index < -0.39 is 0 Å². The van der Waals surface area contributed by atoms with Crippen molar-refractivity contribution in [1.82, 2.24) is 15.1 Å². The standard InChI is InChI=1S/C9H15N3OS3/c1-3-12(4-2)7(13)5-6-15-9-11-10-8(14)16-9/h3-6H2,1-2H3,(H,10,14). The average molecular weight is 277 g/mol. The molecule has 0 saturated heterocycles. The molecule has 0 bridgehead atoms. The quantitative estimate of drug-likeness (QED) is 0.641. The van der Waals surface area contributed by atoms with Gasteiger partial charge in [0.15, 0.2) is 8.29 Å². The first-order chi connectivity index (χ1) is 7.67. The van der Waals surface area contributed by atoms with Crippen molar-refractivity contribution in [3.8, 4) is 0 Å². The third kappa shape index (κ3) is 4.23. The van der Waals surface area contributed by atoms with Crippen molar-refractivity contribution in [2.24, 2.45) is 0 Å². The van der Waals surface area contributed by atoms with Gasteiger partial charge in [-0.05, 0) is 26.1 Å². The van der Waals surface area contributed by atoms with E-state index in [1.54, 1.807) is 11.8 Å². The van der Waals surface area contributed by atoms with Crippen molar-refractivity contribution >= 4 is 41.2 Å². The molecule has 0 aliphatic rings. The van der Waals surface area contributed by atoms with E-state index in [2.05, 4.69) is 10.2 Å². The molecule has 0 aromatic carbocycles. The van der Waals surface area contributed by atoms with Crippen LogP contribution >= 0.6 is 35.3 Å². The number of hydrogen-bond donors (Lipinski definition) is 1. The van der Waals surface area contributed by atoms with Gasteiger partial charge in [-0.25, -0.2) is 0 Å². The van der Waals surface area contributed by atoms with Crippen LogP contribution in [0.3, 0.4) is 0 Å². The maximum Gasteiger partial charge on any atom is 0.223 e. The highest BCUT2D eigenvalue weighted by Gasteiger charge is 2.09. The van der Waals surface area contributed by atoms with E-state index in [1.165, 1.54) is 11.3 Å². The number of rotatable bonds is 6. The zero-order valence-electron chi connectivity index (χ0n) is 9.36. The molecule has 16 heavy (non-hydrogen) atoms. The summed E-state index contributed by atoms with van der Waals surface area (Å²) in [7, 11) is 0. The van der Waals surface area contributed by atoms with Crippen LogP contribution in [0, 0.1) is 3.95 Å². The van der Waals surface area contributed by atoms with Crippen LogP contribution in [0.25, 0.3) is 0 Å². The van der Waals surface area contributed by atoms with E-state index >= 15 is 0 Å². The van der Waals surface area contributed by atoms with Crippen LogP contribution in [0.4, 0.5) is 0 Å². The van der Waals surface area contributed by atoms with E-state index in [-0.39, 0.29) is 5.91 Å². The van der Waals surface area contributed by atoms with Gasteiger partial charge in [0.25, 0.3) is 0 Å². The fraction of sp³-hybridized carbons (Fsp3) is 0.667. The molecule has 1 heterocycles. The molecule has 7 heteroatoms. The maximum atomic E-state index is 11.7. The molecule has 1 rings (SSSR count). The number of aromatic nitrogens is 2. The number of H-pyrrole nitrogens is 1. The summed E-state index contributed by atoms with van der Waals surface area (Å²) in [6, 6.07) is 0. The lowest BCUT2D eigenvalue weighted by atomic mass is 10.4. The molecule has 1 aromatic heterocycles. The second kappa shape index (κ2) is 7.03. The number of hydrogen-bond acceptors (Lipinski definition) is 5. The molecule has 90 valence electrons. The fourth-order valence-corrected chi connectivity index (χ4v) is 3.32. The van der Waals surface area contributed by atoms with Crippen molar-refractivity contribution < 1.29 is 4.79 Å². The number of nitrogens with one attached hydrogen (secondary N) is 1. The second-order valence-corrected chi connectivity index (χ2v) is 6.05. The number of carbonyl (C=O) groups is 1. The van der Waals surface area contributed by atoms with Gasteiger partial charge < -0.3 is 4.90 Å². The SMILES string of the molecule is CCN(CC)C(=O)CCSc1n[nH]c(=S)s1. The maximum absolute atomic E-state index is 11.7. The Morgan fingerprint density at radius 2 is 2.25 bits per heavy atom. The lowest BCUT2D eigenvalue weighted by Crippen LogP contribution is -2.30.